The van der Waals surface area contributed by atoms with E-state index in [0.29, 0.717) is 23.1 Å². The summed E-state index contributed by atoms with van der Waals surface area (Å²) >= 11 is 0. The Morgan fingerprint density at radius 2 is 1.82 bits per heavy atom. The van der Waals surface area contributed by atoms with Gasteiger partial charge in [-0.2, -0.15) is 4.98 Å². The number of aryl methyl sites for hydroxylation is 2. The van der Waals surface area contributed by atoms with Crippen LogP contribution in [0.25, 0.3) is 22.6 Å². The van der Waals surface area contributed by atoms with Gasteiger partial charge in [0.2, 0.25) is 0 Å². The van der Waals surface area contributed by atoms with Crippen molar-refractivity contribution in [3.63, 3.8) is 0 Å². The first-order valence-corrected chi connectivity index (χ1v) is 10.1. The molecule has 11 heteroatoms. The lowest BCUT2D eigenvalue weighted by molar-refractivity contribution is -0.274. The fourth-order valence-corrected chi connectivity index (χ4v) is 3.56. The normalized spacial score (nSPS) is 11.9. The van der Waals surface area contributed by atoms with Gasteiger partial charge in [0.05, 0.1) is 11.0 Å². The van der Waals surface area contributed by atoms with Gasteiger partial charge in [0.15, 0.2) is 11.5 Å². The Hall–Kier alpha value is -3.73. The number of aromatic nitrogens is 4. The van der Waals surface area contributed by atoms with Crippen LogP contribution in [0.5, 0.6) is 5.75 Å². The molecule has 0 fully saturated rings. The van der Waals surface area contributed by atoms with E-state index < -0.39 is 17.6 Å². The number of nitrogens with zero attached hydrogens (tertiary/aromatic N) is 3. The molecule has 2 heterocycles. The van der Waals surface area contributed by atoms with Crippen molar-refractivity contribution in [3.8, 4) is 17.3 Å². The van der Waals surface area contributed by atoms with Crippen molar-refractivity contribution < 1.29 is 17.9 Å². The fourth-order valence-electron chi connectivity index (χ4n) is 3.56. The van der Waals surface area contributed by atoms with Gasteiger partial charge in [-0.25, -0.2) is 9.78 Å². The van der Waals surface area contributed by atoms with E-state index in [1.54, 1.807) is 10.6 Å². The van der Waals surface area contributed by atoms with E-state index in [0.717, 1.165) is 11.1 Å². The quantitative estimate of drug-likeness (QED) is 0.340. The summed E-state index contributed by atoms with van der Waals surface area (Å²) in [4.78, 5) is 34.6. The highest BCUT2D eigenvalue weighted by atomic mass is 19.4. The minimum atomic E-state index is -4.79. The number of alkyl halides is 3. The largest absolute Gasteiger partial charge is 0.573 e. The zero-order valence-corrected chi connectivity index (χ0v) is 17.8. The molecule has 2 aromatic carbocycles. The molecule has 0 saturated heterocycles. The molecule has 0 spiro atoms. The third-order valence-corrected chi connectivity index (χ3v) is 5.25. The van der Waals surface area contributed by atoms with Crippen molar-refractivity contribution >= 4 is 11.0 Å². The molecular weight excluding hydrogens is 439 g/mol. The lowest BCUT2D eigenvalue weighted by Gasteiger charge is -2.18. The lowest BCUT2D eigenvalue weighted by Crippen LogP contribution is -2.30. The maximum absolute atomic E-state index is 12.6. The molecule has 2 aromatic rings. The third kappa shape index (κ3) is 4.87. The standard InChI is InChI=1S/C22H20F3N5O3/c1-12-9-15-16(10-13(12)2)30(19-18(27-15)20(31)29-21(32)28-19)8-7-26-11-14-5-3-4-6-17(14)33-22(23,24)25/h3-6,9-10,26H,7-8,11H2,1-2H3,(H,29,31,32). The number of aromatic amines is 1. The van der Waals surface area contributed by atoms with Gasteiger partial charge in [-0.15, -0.1) is 13.2 Å². The molecule has 33 heavy (non-hydrogen) atoms. The predicted molar refractivity (Wildman–Crippen MR) is 115 cm³/mol. The summed E-state index contributed by atoms with van der Waals surface area (Å²) in [7, 11) is 0. The van der Waals surface area contributed by atoms with E-state index in [4.69, 9.17) is 0 Å². The predicted octanol–water partition coefficient (Wildman–Crippen LogP) is 2.89. The Morgan fingerprint density at radius 3 is 2.58 bits per heavy atom. The van der Waals surface area contributed by atoms with E-state index >= 15 is 0 Å². The Bertz CT molecular complexity index is 1410. The minimum absolute atomic E-state index is 0.0364. The number of nitrogens with one attached hydrogen (secondary N) is 2. The van der Waals surface area contributed by atoms with Crippen molar-refractivity contribution in [1.29, 1.82) is 0 Å². The Kier molecular flexibility index (Phi) is 5.90. The molecule has 172 valence electrons. The number of para-hydroxylation sites is 1. The first-order chi connectivity index (χ1) is 15.6. The molecular formula is C22H20F3N5O3. The van der Waals surface area contributed by atoms with Crippen LogP contribution < -0.4 is 21.3 Å². The molecule has 0 bridgehead atoms. The van der Waals surface area contributed by atoms with Gasteiger partial charge in [-0.3, -0.25) is 9.78 Å². The van der Waals surface area contributed by atoms with Gasteiger partial charge < -0.3 is 14.6 Å². The van der Waals surface area contributed by atoms with Crippen LogP contribution in [0.3, 0.4) is 0 Å². The van der Waals surface area contributed by atoms with E-state index in [-0.39, 0.29) is 30.4 Å². The van der Waals surface area contributed by atoms with Crippen LogP contribution in [0.15, 0.2) is 46.0 Å². The zero-order valence-electron chi connectivity index (χ0n) is 17.8. The number of hydrogen-bond acceptors (Lipinski definition) is 6. The molecule has 0 saturated carbocycles. The van der Waals surface area contributed by atoms with Gasteiger partial charge in [0.25, 0.3) is 5.56 Å². The molecule has 0 unspecified atom stereocenters. The summed E-state index contributed by atoms with van der Waals surface area (Å²) in [6.45, 7) is 4.58. The Balaban J connectivity index is 1.63. The molecule has 4 rings (SSSR count). The molecule has 2 aliphatic rings. The summed E-state index contributed by atoms with van der Waals surface area (Å²) in [6, 6.07) is 9.62. The number of rotatable bonds is 6. The second-order valence-corrected chi connectivity index (χ2v) is 7.56. The van der Waals surface area contributed by atoms with Crippen LogP contribution in [-0.2, 0) is 13.1 Å². The summed E-state index contributed by atoms with van der Waals surface area (Å²) in [6.07, 6.45) is -4.79. The number of H-pyrrole nitrogens is 1. The van der Waals surface area contributed by atoms with Gasteiger partial charge in [0.1, 0.15) is 5.75 Å². The average molecular weight is 459 g/mol. The van der Waals surface area contributed by atoms with Gasteiger partial charge >= 0.3 is 12.1 Å². The van der Waals surface area contributed by atoms with E-state index in [1.807, 2.05) is 26.0 Å². The summed E-state index contributed by atoms with van der Waals surface area (Å²) in [5.41, 5.74) is 2.20. The molecule has 2 aliphatic heterocycles. The number of ether oxygens (including phenoxy) is 1. The van der Waals surface area contributed by atoms with E-state index in [2.05, 4.69) is 25.0 Å². The van der Waals surface area contributed by atoms with Crippen LogP contribution in [0.4, 0.5) is 13.2 Å². The number of fused-ring (bicyclic) bond motifs is 2. The van der Waals surface area contributed by atoms with Crippen LogP contribution in [0.2, 0.25) is 0 Å². The molecule has 0 atom stereocenters. The first kappa shape index (κ1) is 22.5. The Labute approximate surface area is 185 Å². The monoisotopic (exact) mass is 459 g/mol. The van der Waals surface area contributed by atoms with Crippen LogP contribution in [-0.4, -0.2) is 32.4 Å². The van der Waals surface area contributed by atoms with Crippen LogP contribution in [0.1, 0.15) is 16.7 Å². The number of hydrogen-bond donors (Lipinski definition) is 2. The van der Waals surface area contributed by atoms with Crippen LogP contribution >= 0.6 is 0 Å². The molecule has 8 nitrogen and oxygen atoms in total. The molecule has 0 aromatic heterocycles. The molecule has 0 amide bonds. The van der Waals surface area contributed by atoms with Gasteiger partial charge in [-0.1, -0.05) is 18.2 Å². The Morgan fingerprint density at radius 1 is 1.09 bits per heavy atom. The van der Waals surface area contributed by atoms with Crippen molar-refractivity contribution in [2.24, 2.45) is 0 Å². The third-order valence-electron chi connectivity index (χ3n) is 5.25. The topological polar surface area (TPSA) is 102 Å². The van der Waals surface area contributed by atoms with E-state index in [9.17, 15) is 22.8 Å². The zero-order chi connectivity index (χ0) is 23.8. The highest BCUT2D eigenvalue weighted by molar-refractivity contribution is 5.81. The average Bonchev–Trinajstić information content (AvgIpc) is 2.72. The maximum Gasteiger partial charge on any atom is 0.573 e. The smallest absolute Gasteiger partial charge is 0.405 e. The van der Waals surface area contributed by atoms with Crippen LogP contribution in [0, 0.1) is 13.8 Å². The highest BCUT2D eigenvalue weighted by Gasteiger charge is 2.31. The van der Waals surface area contributed by atoms with Crippen molar-refractivity contribution in [2.45, 2.75) is 33.3 Å². The molecule has 2 N–H and O–H groups in total. The summed E-state index contributed by atoms with van der Waals surface area (Å²) in [5, 5.41) is 3.08. The number of benzene rings is 2. The molecule has 0 radical (unpaired) electrons. The minimum Gasteiger partial charge on any atom is -0.405 e. The van der Waals surface area contributed by atoms with Gasteiger partial charge in [-0.05, 0) is 43.2 Å². The number of halogens is 3. The summed E-state index contributed by atoms with van der Waals surface area (Å²) in [5.74, 6) is -0.137. The van der Waals surface area contributed by atoms with Gasteiger partial charge in [0, 0.05) is 25.2 Å². The van der Waals surface area contributed by atoms with Crippen molar-refractivity contribution in [3.05, 3.63) is 73.9 Å². The first-order valence-electron chi connectivity index (χ1n) is 10.1. The highest BCUT2D eigenvalue weighted by Crippen LogP contribution is 2.26. The van der Waals surface area contributed by atoms with Crippen molar-refractivity contribution in [1.82, 2.24) is 24.8 Å². The lowest BCUT2D eigenvalue weighted by atomic mass is 10.1. The second kappa shape index (κ2) is 8.66. The fraction of sp³-hybridized carbons (Fsp3) is 0.273. The van der Waals surface area contributed by atoms with Crippen molar-refractivity contribution in [2.75, 3.05) is 6.54 Å². The second-order valence-electron chi connectivity index (χ2n) is 7.56. The SMILES string of the molecule is Cc1cc2nc3c(=O)[nH]c(=O)nc-3n(CCNCc3ccccc3OC(F)(F)F)c2cc1C. The van der Waals surface area contributed by atoms with E-state index in [1.165, 1.54) is 18.2 Å². The maximum atomic E-state index is 12.6. The molecule has 0 aliphatic carbocycles. The summed E-state index contributed by atoms with van der Waals surface area (Å²) < 4.78 is 43.7.